The van der Waals surface area contributed by atoms with Gasteiger partial charge in [-0.1, -0.05) is 94.5 Å². The zero-order valence-corrected chi connectivity index (χ0v) is 18.9. The van der Waals surface area contributed by atoms with Gasteiger partial charge in [-0.2, -0.15) is 0 Å². The van der Waals surface area contributed by atoms with Gasteiger partial charge in [-0.15, -0.1) is 0 Å². The summed E-state index contributed by atoms with van der Waals surface area (Å²) in [5.74, 6) is 0. The molecule has 0 bridgehead atoms. The number of benzene rings is 2. The van der Waals surface area contributed by atoms with Crippen LogP contribution in [0, 0.1) is 0 Å². The molecule has 4 rings (SSSR count). The van der Waals surface area contributed by atoms with Crippen molar-refractivity contribution in [2.75, 3.05) is 13.2 Å². The van der Waals surface area contributed by atoms with Gasteiger partial charge in [0.15, 0.2) is 0 Å². The molecule has 2 fully saturated rings. The van der Waals surface area contributed by atoms with Gasteiger partial charge in [0, 0.05) is 0 Å². The van der Waals surface area contributed by atoms with E-state index in [1.165, 1.54) is 68.1 Å². The highest BCUT2D eigenvalue weighted by Gasteiger charge is 2.33. The van der Waals surface area contributed by atoms with Crippen molar-refractivity contribution < 1.29 is 9.47 Å². The molecule has 2 heteroatoms. The highest BCUT2D eigenvalue weighted by Crippen LogP contribution is 2.43. The van der Waals surface area contributed by atoms with Crippen LogP contribution in [0.1, 0.15) is 88.9 Å². The first kappa shape index (κ1) is 21.6. The fourth-order valence-corrected chi connectivity index (χ4v) is 5.30. The molecule has 1 saturated heterocycles. The summed E-state index contributed by atoms with van der Waals surface area (Å²) in [5, 5.41) is 0. The molecule has 0 N–H and O–H groups in total. The molecule has 1 aliphatic heterocycles. The SMILES string of the molecule is CCCCC1(c2ccc(-c3ccc([C@@H]4CO[C@@H](CC)CO4)cc3)cc2)CCCCC1. The maximum Gasteiger partial charge on any atom is 0.106 e. The first-order chi connectivity index (χ1) is 14.7. The molecule has 1 aliphatic carbocycles. The Labute approximate surface area is 183 Å². The van der Waals surface area contributed by atoms with Crippen molar-refractivity contribution in [2.45, 2.75) is 89.3 Å². The Morgan fingerprint density at radius 2 is 1.47 bits per heavy atom. The second kappa shape index (κ2) is 10.1. The van der Waals surface area contributed by atoms with Crippen molar-refractivity contribution in [3.8, 4) is 11.1 Å². The van der Waals surface area contributed by atoms with E-state index >= 15 is 0 Å². The molecule has 2 atom stereocenters. The zero-order chi connectivity index (χ0) is 20.8. The monoisotopic (exact) mass is 406 g/mol. The highest BCUT2D eigenvalue weighted by molar-refractivity contribution is 5.64. The van der Waals surface area contributed by atoms with Crippen molar-refractivity contribution in [3.63, 3.8) is 0 Å². The van der Waals surface area contributed by atoms with Crippen LogP contribution < -0.4 is 0 Å². The van der Waals surface area contributed by atoms with E-state index in [0.29, 0.717) is 18.6 Å². The predicted molar refractivity (Wildman–Crippen MR) is 125 cm³/mol. The number of hydrogen-bond donors (Lipinski definition) is 0. The molecule has 0 aromatic heterocycles. The van der Waals surface area contributed by atoms with Gasteiger partial charge in [-0.3, -0.25) is 0 Å². The van der Waals surface area contributed by atoms with Crippen molar-refractivity contribution in [3.05, 3.63) is 59.7 Å². The van der Waals surface area contributed by atoms with E-state index < -0.39 is 0 Å². The maximum absolute atomic E-state index is 6.01. The van der Waals surface area contributed by atoms with Crippen molar-refractivity contribution in [1.29, 1.82) is 0 Å². The van der Waals surface area contributed by atoms with Gasteiger partial charge in [0.2, 0.25) is 0 Å². The van der Waals surface area contributed by atoms with Gasteiger partial charge in [-0.05, 0) is 53.4 Å². The van der Waals surface area contributed by atoms with Crippen LogP contribution in [0.25, 0.3) is 11.1 Å². The number of hydrogen-bond acceptors (Lipinski definition) is 2. The van der Waals surface area contributed by atoms with E-state index in [-0.39, 0.29) is 12.2 Å². The first-order valence-corrected chi connectivity index (χ1v) is 12.2. The van der Waals surface area contributed by atoms with Crippen LogP contribution >= 0.6 is 0 Å². The molecule has 2 nitrogen and oxygen atoms in total. The lowest BCUT2D eigenvalue weighted by molar-refractivity contribution is -0.135. The minimum Gasteiger partial charge on any atom is -0.373 e. The van der Waals surface area contributed by atoms with Crippen LogP contribution in [0.15, 0.2) is 48.5 Å². The van der Waals surface area contributed by atoms with E-state index in [2.05, 4.69) is 62.4 Å². The van der Waals surface area contributed by atoms with Crippen LogP contribution in [0.3, 0.4) is 0 Å². The first-order valence-electron chi connectivity index (χ1n) is 12.2. The summed E-state index contributed by atoms with van der Waals surface area (Å²) in [7, 11) is 0. The summed E-state index contributed by atoms with van der Waals surface area (Å²) >= 11 is 0. The number of unbranched alkanes of at least 4 members (excludes halogenated alkanes) is 1. The fourth-order valence-electron chi connectivity index (χ4n) is 5.30. The predicted octanol–water partition coefficient (Wildman–Crippen LogP) is 7.61. The van der Waals surface area contributed by atoms with E-state index in [1.807, 2.05) is 0 Å². The van der Waals surface area contributed by atoms with Gasteiger partial charge >= 0.3 is 0 Å². The molecule has 2 aromatic carbocycles. The smallest absolute Gasteiger partial charge is 0.106 e. The molecule has 0 radical (unpaired) electrons. The van der Waals surface area contributed by atoms with Gasteiger partial charge in [0.25, 0.3) is 0 Å². The molecule has 0 amide bonds. The Hall–Kier alpha value is -1.64. The summed E-state index contributed by atoms with van der Waals surface area (Å²) in [4.78, 5) is 0. The average Bonchev–Trinajstić information content (AvgIpc) is 2.84. The van der Waals surface area contributed by atoms with Crippen LogP contribution in [0.4, 0.5) is 0 Å². The largest absolute Gasteiger partial charge is 0.373 e. The summed E-state index contributed by atoms with van der Waals surface area (Å²) in [5.41, 5.74) is 5.78. The lowest BCUT2D eigenvalue weighted by atomic mass is 9.66. The molecule has 2 aromatic rings. The van der Waals surface area contributed by atoms with Gasteiger partial charge in [0.05, 0.1) is 19.3 Å². The minimum absolute atomic E-state index is 0.0638. The molecule has 0 unspecified atom stereocenters. The molecular formula is C28H38O2. The van der Waals surface area contributed by atoms with Crippen LogP contribution in [0.2, 0.25) is 0 Å². The maximum atomic E-state index is 6.01. The van der Waals surface area contributed by atoms with Gasteiger partial charge < -0.3 is 9.47 Å². The normalized spacial score (nSPS) is 23.9. The third-order valence-electron chi connectivity index (χ3n) is 7.35. The highest BCUT2D eigenvalue weighted by atomic mass is 16.6. The molecule has 2 aliphatic rings. The number of rotatable bonds is 7. The van der Waals surface area contributed by atoms with E-state index in [0.717, 1.165) is 6.42 Å². The Morgan fingerprint density at radius 3 is 2.03 bits per heavy atom. The third kappa shape index (κ3) is 4.81. The second-order valence-corrected chi connectivity index (χ2v) is 9.33. The summed E-state index contributed by atoms with van der Waals surface area (Å²) < 4.78 is 11.9. The lowest BCUT2D eigenvalue weighted by Crippen LogP contribution is -2.30. The standard InChI is InChI=1S/C28H38O2/c1-3-5-17-28(18-7-6-8-19-28)25-15-13-23(14-16-25)22-9-11-24(12-10-22)27-21-29-26(4-2)20-30-27/h9-16,26-27H,3-8,17-21H2,1-2H3/t26-,27-/m0/s1. The van der Waals surface area contributed by atoms with Crippen LogP contribution in [-0.4, -0.2) is 19.3 Å². The Morgan fingerprint density at radius 1 is 0.800 bits per heavy atom. The van der Waals surface area contributed by atoms with E-state index in [4.69, 9.17) is 9.47 Å². The van der Waals surface area contributed by atoms with Crippen LogP contribution in [0.5, 0.6) is 0 Å². The van der Waals surface area contributed by atoms with Gasteiger partial charge in [0.1, 0.15) is 6.10 Å². The van der Waals surface area contributed by atoms with E-state index in [9.17, 15) is 0 Å². The quantitative estimate of drug-likeness (QED) is 0.471. The number of ether oxygens (including phenoxy) is 2. The Balaban J connectivity index is 1.46. The lowest BCUT2D eigenvalue weighted by Gasteiger charge is -2.38. The minimum atomic E-state index is 0.0638. The average molecular weight is 407 g/mol. The van der Waals surface area contributed by atoms with Crippen molar-refractivity contribution >= 4 is 0 Å². The summed E-state index contributed by atoms with van der Waals surface area (Å²) in [6, 6.07) is 18.3. The molecule has 1 heterocycles. The van der Waals surface area contributed by atoms with E-state index in [1.54, 1.807) is 5.56 Å². The summed E-state index contributed by atoms with van der Waals surface area (Å²) in [6.45, 7) is 5.82. The van der Waals surface area contributed by atoms with Crippen LogP contribution in [-0.2, 0) is 14.9 Å². The zero-order valence-electron chi connectivity index (χ0n) is 18.9. The van der Waals surface area contributed by atoms with Crippen molar-refractivity contribution in [1.82, 2.24) is 0 Å². The molecule has 1 saturated carbocycles. The summed E-state index contributed by atoms with van der Waals surface area (Å²) in [6.07, 6.45) is 12.2. The fraction of sp³-hybridized carbons (Fsp3) is 0.571. The van der Waals surface area contributed by atoms with Crippen molar-refractivity contribution in [2.24, 2.45) is 0 Å². The Kier molecular flexibility index (Phi) is 7.28. The third-order valence-corrected chi connectivity index (χ3v) is 7.35. The topological polar surface area (TPSA) is 18.5 Å². The second-order valence-electron chi connectivity index (χ2n) is 9.33. The Bertz CT molecular complexity index is 763. The molecule has 30 heavy (non-hydrogen) atoms. The molecular weight excluding hydrogens is 368 g/mol. The molecule has 162 valence electrons. The van der Waals surface area contributed by atoms with Gasteiger partial charge in [-0.25, -0.2) is 0 Å². The molecule has 0 spiro atoms.